The van der Waals surface area contributed by atoms with E-state index in [1.54, 1.807) is 13.0 Å². The fraction of sp³-hybridized carbons (Fsp3) is 0.545. The van der Waals surface area contributed by atoms with Crippen LogP contribution < -0.4 is 5.73 Å². The van der Waals surface area contributed by atoms with Gasteiger partial charge in [0.05, 0.1) is 25.5 Å². The van der Waals surface area contributed by atoms with Crippen molar-refractivity contribution in [1.29, 1.82) is 0 Å². The van der Waals surface area contributed by atoms with Crippen molar-refractivity contribution in [1.82, 2.24) is 0 Å². The number of carbonyl (C=O) groups excluding carboxylic acids is 1. The van der Waals surface area contributed by atoms with Crippen molar-refractivity contribution in [3.63, 3.8) is 0 Å². The molecule has 0 aromatic carbocycles. The van der Waals surface area contributed by atoms with Crippen LogP contribution in [0.2, 0.25) is 0 Å². The van der Waals surface area contributed by atoms with Crippen LogP contribution in [0.4, 0.5) is 5.69 Å². The molecule has 0 spiro atoms. The zero-order valence-corrected chi connectivity index (χ0v) is 10.5. The van der Waals surface area contributed by atoms with E-state index in [2.05, 4.69) is 4.74 Å². The number of carbonyl (C=O) groups is 1. The van der Waals surface area contributed by atoms with Gasteiger partial charge in [0, 0.05) is 11.3 Å². The van der Waals surface area contributed by atoms with Crippen LogP contribution >= 0.6 is 11.3 Å². The van der Waals surface area contributed by atoms with E-state index in [0.29, 0.717) is 28.5 Å². The van der Waals surface area contributed by atoms with E-state index in [1.165, 1.54) is 7.11 Å². The van der Waals surface area contributed by atoms with Gasteiger partial charge in [-0.25, -0.2) is 4.79 Å². The minimum Gasteiger partial charge on any atom is -0.465 e. The van der Waals surface area contributed by atoms with E-state index in [1.807, 2.05) is 0 Å². The summed E-state index contributed by atoms with van der Waals surface area (Å²) in [6, 6.07) is 1.63. The molecule has 0 amide bonds. The summed E-state index contributed by atoms with van der Waals surface area (Å²) in [6.45, 7) is 2.31. The number of methoxy groups -OCH3 is 1. The van der Waals surface area contributed by atoms with E-state index in [4.69, 9.17) is 10.5 Å². The number of ether oxygens (including phenoxy) is 2. The highest BCUT2D eigenvalue weighted by atomic mass is 32.1. The Morgan fingerprint density at radius 3 is 3.00 bits per heavy atom. The summed E-state index contributed by atoms with van der Waals surface area (Å²) in [5, 5.41) is 10.5. The Morgan fingerprint density at radius 2 is 2.47 bits per heavy atom. The molecule has 2 atom stereocenters. The molecule has 0 saturated carbocycles. The van der Waals surface area contributed by atoms with Gasteiger partial charge in [-0.2, -0.15) is 0 Å². The molecular formula is C11H15NO4S. The second-order valence-corrected chi connectivity index (χ2v) is 5.13. The first kappa shape index (κ1) is 12.3. The zero-order valence-electron chi connectivity index (χ0n) is 9.73. The summed E-state index contributed by atoms with van der Waals surface area (Å²) in [4.78, 5) is 12.4. The molecule has 2 unspecified atom stereocenters. The van der Waals surface area contributed by atoms with Crippen LogP contribution in [0.25, 0.3) is 0 Å². The van der Waals surface area contributed by atoms with Gasteiger partial charge in [-0.1, -0.05) is 0 Å². The molecule has 6 heteroatoms. The van der Waals surface area contributed by atoms with E-state index in [0.717, 1.165) is 11.3 Å². The fourth-order valence-corrected chi connectivity index (χ4v) is 3.12. The molecule has 2 rings (SSSR count). The number of thiophene rings is 1. The normalized spacial score (nSPS) is 28.3. The molecule has 1 aliphatic rings. The number of hydrogen-bond donors (Lipinski definition) is 2. The molecular weight excluding hydrogens is 242 g/mol. The van der Waals surface area contributed by atoms with E-state index < -0.39 is 11.6 Å². The van der Waals surface area contributed by atoms with Gasteiger partial charge in [0.1, 0.15) is 10.5 Å². The molecule has 1 aromatic rings. The van der Waals surface area contributed by atoms with Crippen molar-refractivity contribution in [2.24, 2.45) is 0 Å². The molecule has 0 radical (unpaired) electrons. The van der Waals surface area contributed by atoms with Crippen LogP contribution in [-0.2, 0) is 15.1 Å². The van der Waals surface area contributed by atoms with Crippen LogP contribution in [0.1, 0.15) is 27.9 Å². The molecule has 1 saturated heterocycles. The summed E-state index contributed by atoms with van der Waals surface area (Å²) in [7, 11) is 1.30. The Hall–Kier alpha value is -1.11. The molecule has 1 fully saturated rings. The van der Waals surface area contributed by atoms with E-state index >= 15 is 0 Å². The van der Waals surface area contributed by atoms with Gasteiger partial charge in [0.25, 0.3) is 0 Å². The van der Waals surface area contributed by atoms with Crippen molar-refractivity contribution >= 4 is 23.0 Å². The lowest BCUT2D eigenvalue weighted by atomic mass is 9.95. The van der Waals surface area contributed by atoms with Crippen LogP contribution in [0, 0.1) is 0 Å². The average Bonchev–Trinajstić information content (AvgIpc) is 2.84. The Morgan fingerprint density at radius 1 is 1.76 bits per heavy atom. The smallest absolute Gasteiger partial charge is 0.350 e. The highest BCUT2D eigenvalue weighted by Crippen LogP contribution is 2.41. The number of nitrogen functional groups attached to an aromatic ring is 1. The van der Waals surface area contributed by atoms with Crippen LogP contribution in [0.5, 0.6) is 0 Å². The number of aliphatic hydroxyl groups is 1. The van der Waals surface area contributed by atoms with Crippen molar-refractivity contribution < 1.29 is 19.4 Å². The summed E-state index contributed by atoms with van der Waals surface area (Å²) in [5.74, 6) is -0.478. The Bertz CT molecular complexity index is 445. The lowest BCUT2D eigenvalue weighted by molar-refractivity contribution is -0.0290. The first-order valence-corrected chi connectivity index (χ1v) is 6.12. The van der Waals surface area contributed by atoms with Gasteiger partial charge in [0.2, 0.25) is 0 Å². The Kier molecular flexibility index (Phi) is 3.11. The molecule has 0 aliphatic carbocycles. The summed E-state index contributed by atoms with van der Waals surface area (Å²) >= 11 is 1.16. The predicted octanol–water partition coefficient (Wildman–Crippen LogP) is 1.11. The number of esters is 1. The van der Waals surface area contributed by atoms with Gasteiger partial charge >= 0.3 is 5.97 Å². The minimum atomic E-state index is -1.05. The molecule has 1 aromatic heterocycles. The lowest BCUT2D eigenvalue weighted by Crippen LogP contribution is -2.32. The molecule has 3 N–H and O–H groups in total. The highest BCUT2D eigenvalue weighted by molar-refractivity contribution is 7.14. The van der Waals surface area contributed by atoms with Crippen LogP contribution in [0.15, 0.2) is 6.07 Å². The van der Waals surface area contributed by atoms with E-state index in [-0.39, 0.29) is 6.10 Å². The van der Waals surface area contributed by atoms with Crippen LogP contribution in [0.3, 0.4) is 0 Å². The maximum absolute atomic E-state index is 11.4. The van der Waals surface area contributed by atoms with Gasteiger partial charge < -0.3 is 20.3 Å². The number of nitrogens with two attached hydrogens (primary N) is 1. The van der Waals surface area contributed by atoms with Gasteiger partial charge in [-0.15, -0.1) is 11.3 Å². The van der Waals surface area contributed by atoms with E-state index in [9.17, 15) is 9.90 Å². The third kappa shape index (κ3) is 1.92. The summed E-state index contributed by atoms with van der Waals surface area (Å²) < 4.78 is 9.99. The largest absolute Gasteiger partial charge is 0.465 e. The summed E-state index contributed by atoms with van der Waals surface area (Å²) in [5.41, 5.74) is 5.03. The van der Waals surface area contributed by atoms with Gasteiger partial charge in [0.15, 0.2) is 0 Å². The van der Waals surface area contributed by atoms with Crippen molar-refractivity contribution in [2.75, 3.05) is 19.5 Å². The molecule has 94 valence electrons. The first-order chi connectivity index (χ1) is 7.99. The SMILES string of the molecule is COC(=O)c1sc(C2(O)CCOC2C)cc1N. The first-order valence-electron chi connectivity index (χ1n) is 5.31. The van der Waals surface area contributed by atoms with Gasteiger partial charge in [-0.3, -0.25) is 0 Å². The van der Waals surface area contributed by atoms with Gasteiger partial charge in [-0.05, 0) is 13.0 Å². The molecule has 17 heavy (non-hydrogen) atoms. The van der Waals surface area contributed by atoms with Crippen molar-refractivity contribution in [2.45, 2.75) is 25.0 Å². The Balaban J connectivity index is 2.38. The molecule has 1 aliphatic heterocycles. The number of hydrogen-bond acceptors (Lipinski definition) is 6. The van der Waals surface area contributed by atoms with Crippen molar-refractivity contribution in [3.8, 4) is 0 Å². The third-order valence-electron chi connectivity index (χ3n) is 3.08. The van der Waals surface area contributed by atoms with Crippen molar-refractivity contribution in [3.05, 3.63) is 15.8 Å². The monoisotopic (exact) mass is 257 g/mol. The standard InChI is InChI=1S/C11H15NO4S/c1-6-11(14,3-4-16-6)8-5-7(12)9(17-8)10(13)15-2/h5-6,14H,3-4,12H2,1-2H3. The molecule has 0 bridgehead atoms. The molecule has 5 nitrogen and oxygen atoms in total. The maximum atomic E-state index is 11.4. The topological polar surface area (TPSA) is 81.8 Å². The zero-order chi connectivity index (χ0) is 12.6. The fourth-order valence-electron chi connectivity index (χ4n) is 1.93. The quantitative estimate of drug-likeness (QED) is 0.776. The third-order valence-corrected chi connectivity index (χ3v) is 4.38. The van der Waals surface area contributed by atoms with Crippen LogP contribution in [-0.4, -0.2) is 30.9 Å². The second kappa shape index (κ2) is 4.29. The Labute approximate surface area is 103 Å². The lowest BCUT2D eigenvalue weighted by Gasteiger charge is -2.24. The summed E-state index contributed by atoms with van der Waals surface area (Å²) in [6.07, 6.45) is 0.209. The number of rotatable bonds is 2. The second-order valence-electron chi connectivity index (χ2n) is 4.07. The average molecular weight is 257 g/mol. The predicted molar refractivity (Wildman–Crippen MR) is 64.0 cm³/mol. The minimum absolute atomic E-state index is 0.300. The maximum Gasteiger partial charge on any atom is 0.350 e. The number of anilines is 1. The highest BCUT2D eigenvalue weighted by Gasteiger charge is 2.43. The molecule has 2 heterocycles.